The summed E-state index contributed by atoms with van der Waals surface area (Å²) in [4.78, 5) is 1.29. The van der Waals surface area contributed by atoms with Crippen molar-refractivity contribution in [3.63, 3.8) is 0 Å². The largest absolute Gasteiger partial charge is 0.497 e. The molecule has 2 aromatic rings. The molecule has 4 heteroatoms. The molecule has 0 amide bonds. The van der Waals surface area contributed by atoms with Crippen LogP contribution in [0.15, 0.2) is 36.4 Å². The highest BCUT2D eigenvalue weighted by atomic mass is 35.5. The van der Waals surface area contributed by atoms with E-state index in [1.807, 2.05) is 25.2 Å². The van der Waals surface area contributed by atoms with Crippen molar-refractivity contribution in [3.8, 4) is 5.75 Å². The van der Waals surface area contributed by atoms with Crippen molar-refractivity contribution < 1.29 is 4.74 Å². The lowest BCUT2D eigenvalue weighted by Gasteiger charge is -2.16. The number of hydrogen-bond donors (Lipinski definition) is 1. The fraction of sp³-hybridized carbons (Fsp3) is 0.286. The van der Waals surface area contributed by atoms with E-state index >= 15 is 0 Å². The minimum atomic E-state index is 0.297. The van der Waals surface area contributed by atoms with Crippen LogP contribution in [0.3, 0.4) is 0 Å². The van der Waals surface area contributed by atoms with Gasteiger partial charge in [-0.3, -0.25) is 0 Å². The predicted octanol–water partition coefficient (Wildman–Crippen LogP) is 3.91. The molecule has 2 nitrogen and oxygen atoms in total. The molecule has 0 aliphatic carbocycles. The molecular formula is C14H16ClNOS. The molecule has 2 rings (SSSR count). The second kappa shape index (κ2) is 6.23. The molecule has 18 heavy (non-hydrogen) atoms. The van der Waals surface area contributed by atoms with Gasteiger partial charge >= 0.3 is 0 Å². The molecule has 1 aromatic heterocycles. The van der Waals surface area contributed by atoms with Crippen molar-refractivity contribution in [1.82, 2.24) is 5.32 Å². The summed E-state index contributed by atoms with van der Waals surface area (Å²) in [6, 6.07) is 12.5. The molecule has 0 bridgehead atoms. The van der Waals surface area contributed by atoms with Gasteiger partial charge in [0.1, 0.15) is 5.75 Å². The Hall–Kier alpha value is -1.03. The van der Waals surface area contributed by atoms with E-state index in [9.17, 15) is 0 Å². The maximum atomic E-state index is 5.95. The molecule has 0 saturated heterocycles. The lowest BCUT2D eigenvalue weighted by atomic mass is 10.0. The van der Waals surface area contributed by atoms with E-state index < -0.39 is 0 Å². The first kappa shape index (κ1) is 13.4. The Morgan fingerprint density at radius 2 is 1.94 bits per heavy atom. The summed E-state index contributed by atoms with van der Waals surface area (Å²) in [6.45, 7) is 0. The van der Waals surface area contributed by atoms with E-state index in [1.54, 1.807) is 18.4 Å². The fourth-order valence-corrected chi connectivity index (χ4v) is 3.02. The topological polar surface area (TPSA) is 21.3 Å². The van der Waals surface area contributed by atoms with Crippen LogP contribution in [0.4, 0.5) is 0 Å². The van der Waals surface area contributed by atoms with E-state index in [2.05, 4.69) is 23.5 Å². The van der Waals surface area contributed by atoms with Crippen molar-refractivity contribution in [2.45, 2.75) is 12.5 Å². The van der Waals surface area contributed by atoms with Gasteiger partial charge in [0.05, 0.1) is 11.4 Å². The Balaban J connectivity index is 2.12. The first-order valence-corrected chi connectivity index (χ1v) is 6.98. The smallest absolute Gasteiger partial charge is 0.118 e. The molecule has 0 saturated carbocycles. The van der Waals surface area contributed by atoms with Crippen LogP contribution in [0.5, 0.6) is 5.75 Å². The van der Waals surface area contributed by atoms with E-state index in [-0.39, 0.29) is 0 Å². The molecule has 96 valence electrons. The number of likely N-dealkylation sites (N-methyl/N-ethyl adjacent to an activating group) is 1. The zero-order valence-electron chi connectivity index (χ0n) is 10.4. The molecule has 1 atom stereocenters. The number of nitrogens with one attached hydrogen (secondary N) is 1. The highest BCUT2D eigenvalue weighted by molar-refractivity contribution is 7.16. The number of halogens is 1. The number of hydrogen-bond acceptors (Lipinski definition) is 3. The van der Waals surface area contributed by atoms with Crippen molar-refractivity contribution in [3.05, 3.63) is 51.2 Å². The van der Waals surface area contributed by atoms with Crippen LogP contribution < -0.4 is 10.1 Å². The maximum Gasteiger partial charge on any atom is 0.118 e. The number of rotatable bonds is 5. The van der Waals surface area contributed by atoms with Crippen molar-refractivity contribution in [1.29, 1.82) is 0 Å². The minimum Gasteiger partial charge on any atom is -0.497 e. The standard InChI is InChI=1S/C14H16ClNOS/c1-16-13(9-12-7-8-14(15)18-12)10-3-5-11(17-2)6-4-10/h3-8,13,16H,9H2,1-2H3. The monoisotopic (exact) mass is 281 g/mol. The van der Waals surface area contributed by atoms with Crippen LogP contribution in [-0.4, -0.2) is 14.2 Å². The second-order valence-corrected chi connectivity index (χ2v) is 5.82. The van der Waals surface area contributed by atoms with Crippen LogP contribution in [0.25, 0.3) is 0 Å². The van der Waals surface area contributed by atoms with Crippen LogP contribution in [-0.2, 0) is 6.42 Å². The zero-order valence-corrected chi connectivity index (χ0v) is 12.0. The SMILES string of the molecule is CNC(Cc1ccc(Cl)s1)c1ccc(OC)cc1. The third-order valence-corrected chi connectivity index (χ3v) is 4.15. The summed E-state index contributed by atoms with van der Waals surface area (Å²) in [5.74, 6) is 0.882. The van der Waals surface area contributed by atoms with Gasteiger partial charge in [0.15, 0.2) is 0 Å². The molecule has 0 radical (unpaired) electrons. The average Bonchev–Trinajstić information content (AvgIpc) is 2.82. The Kier molecular flexibility index (Phi) is 4.64. The second-order valence-electron chi connectivity index (χ2n) is 4.02. The molecule has 0 aliphatic rings. The van der Waals surface area contributed by atoms with Gasteiger partial charge < -0.3 is 10.1 Å². The third-order valence-electron chi connectivity index (χ3n) is 2.90. The summed E-state index contributed by atoms with van der Waals surface area (Å²) in [5, 5.41) is 3.34. The van der Waals surface area contributed by atoms with Crippen LogP contribution in [0.1, 0.15) is 16.5 Å². The lowest BCUT2D eigenvalue weighted by molar-refractivity contribution is 0.414. The Bertz CT molecular complexity index is 495. The van der Waals surface area contributed by atoms with Crippen molar-refractivity contribution in [2.75, 3.05) is 14.2 Å². The Morgan fingerprint density at radius 3 is 2.44 bits per heavy atom. The van der Waals surface area contributed by atoms with E-state index in [0.29, 0.717) is 6.04 Å². The number of ether oxygens (including phenoxy) is 1. The summed E-state index contributed by atoms with van der Waals surface area (Å²) >= 11 is 7.59. The zero-order chi connectivity index (χ0) is 13.0. The van der Waals surface area contributed by atoms with Crippen LogP contribution in [0.2, 0.25) is 4.34 Å². The van der Waals surface area contributed by atoms with Crippen molar-refractivity contribution in [2.24, 2.45) is 0 Å². The highest BCUT2D eigenvalue weighted by Crippen LogP contribution is 2.27. The fourth-order valence-electron chi connectivity index (χ4n) is 1.89. The number of methoxy groups -OCH3 is 1. The quantitative estimate of drug-likeness (QED) is 0.897. The van der Waals surface area contributed by atoms with E-state index in [1.165, 1.54) is 10.4 Å². The van der Waals surface area contributed by atoms with Crippen LogP contribution >= 0.6 is 22.9 Å². The van der Waals surface area contributed by atoms with E-state index in [0.717, 1.165) is 16.5 Å². The van der Waals surface area contributed by atoms with Gasteiger partial charge in [0, 0.05) is 17.3 Å². The summed E-state index contributed by atoms with van der Waals surface area (Å²) < 4.78 is 6.01. The minimum absolute atomic E-state index is 0.297. The van der Waals surface area contributed by atoms with Gasteiger partial charge in [-0.15, -0.1) is 11.3 Å². The highest BCUT2D eigenvalue weighted by Gasteiger charge is 2.11. The number of thiophene rings is 1. The molecule has 1 aromatic carbocycles. The predicted molar refractivity (Wildman–Crippen MR) is 77.8 cm³/mol. The summed E-state index contributed by atoms with van der Waals surface area (Å²) in [7, 11) is 3.66. The Morgan fingerprint density at radius 1 is 1.22 bits per heavy atom. The van der Waals surface area contributed by atoms with Gasteiger partial charge in [-0.25, -0.2) is 0 Å². The van der Waals surface area contributed by atoms with Gasteiger partial charge in [-0.05, 0) is 36.9 Å². The Labute approximate surface area is 117 Å². The molecular weight excluding hydrogens is 266 g/mol. The maximum absolute atomic E-state index is 5.95. The summed E-state index contributed by atoms with van der Waals surface area (Å²) in [6.07, 6.45) is 0.945. The number of benzene rings is 1. The normalized spacial score (nSPS) is 12.4. The van der Waals surface area contributed by atoms with Crippen LogP contribution in [0, 0.1) is 0 Å². The summed E-state index contributed by atoms with van der Waals surface area (Å²) in [5.41, 5.74) is 1.25. The van der Waals surface area contributed by atoms with E-state index in [4.69, 9.17) is 16.3 Å². The molecule has 0 fully saturated rings. The molecule has 0 aliphatic heterocycles. The van der Waals surface area contributed by atoms with Gasteiger partial charge in [0.25, 0.3) is 0 Å². The molecule has 1 unspecified atom stereocenters. The molecule has 1 heterocycles. The first-order chi connectivity index (χ1) is 8.72. The molecule has 0 spiro atoms. The van der Waals surface area contributed by atoms with Crippen molar-refractivity contribution >= 4 is 22.9 Å². The lowest BCUT2D eigenvalue weighted by Crippen LogP contribution is -2.18. The van der Waals surface area contributed by atoms with Gasteiger partial charge in [-0.1, -0.05) is 23.7 Å². The van der Waals surface area contributed by atoms with Gasteiger partial charge in [-0.2, -0.15) is 0 Å². The average molecular weight is 282 g/mol. The van der Waals surface area contributed by atoms with Gasteiger partial charge in [0.2, 0.25) is 0 Å². The molecule has 1 N–H and O–H groups in total. The first-order valence-electron chi connectivity index (χ1n) is 5.78. The third kappa shape index (κ3) is 3.25.